The fraction of sp³-hybridized carbons (Fsp3) is 0.176. The standard InChI is InChI=1S/C17H13F3N2S/c1-11(2)10-23-16-13(9-21)14(17(18,19)20)8-15(22-16)12-6-4-3-5-7-12/h3-8H,1,10H2,2H3. The van der Waals surface area contributed by atoms with Crippen LogP contribution in [0.1, 0.15) is 18.1 Å². The van der Waals surface area contributed by atoms with Crippen molar-refractivity contribution in [3.63, 3.8) is 0 Å². The number of hydrogen-bond donors (Lipinski definition) is 0. The van der Waals surface area contributed by atoms with Gasteiger partial charge in [-0.05, 0) is 13.0 Å². The molecule has 0 spiro atoms. The molecule has 0 saturated carbocycles. The Balaban J connectivity index is 2.64. The predicted octanol–water partition coefficient (Wildman–Crippen LogP) is 5.31. The summed E-state index contributed by atoms with van der Waals surface area (Å²) in [6.45, 7) is 5.49. The van der Waals surface area contributed by atoms with Gasteiger partial charge in [-0.15, -0.1) is 11.8 Å². The van der Waals surface area contributed by atoms with Crippen LogP contribution in [0.25, 0.3) is 11.3 Å². The summed E-state index contributed by atoms with van der Waals surface area (Å²) in [5.74, 6) is 0.400. The molecule has 0 aliphatic carbocycles. The third kappa shape index (κ3) is 4.14. The Morgan fingerprint density at radius 1 is 1.30 bits per heavy atom. The van der Waals surface area contributed by atoms with E-state index >= 15 is 0 Å². The molecular weight excluding hydrogens is 321 g/mol. The van der Waals surface area contributed by atoms with E-state index in [1.165, 1.54) is 0 Å². The quantitative estimate of drug-likeness (QED) is 0.562. The SMILES string of the molecule is C=C(C)CSc1nc(-c2ccccc2)cc(C(F)(F)F)c1C#N. The molecule has 0 radical (unpaired) electrons. The lowest BCUT2D eigenvalue weighted by Crippen LogP contribution is -2.10. The molecule has 0 aliphatic rings. The number of pyridine rings is 1. The van der Waals surface area contributed by atoms with Crippen molar-refractivity contribution in [3.05, 3.63) is 59.7 Å². The van der Waals surface area contributed by atoms with E-state index in [1.54, 1.807) is 43.3 Å². The van der Waals surface area contributed by atoms with Crippen LogP contribution in [0.4, 0.5) is 13.2 Å². The van der Waals surface area contributed by atoms with Gasteiger partial charge in [0.25, 0.3) is 0 Å². The monoisotopic (exact) mass is 334 g/mol. The van der Waals surface area contributed by atoms with Crippen molar-refractivity contribution in [3.8, 4) is 17.3 Å². The number of rotatable bonds is 4. The molecule has 1 heterocycles. The maximum absolute atomic E-state index is 13.3. The van der Waals surface area contributed by atoms with E-state index in [2.05, 4.69) is 11.6 Å². The molecule has 23 heavy (non-hydrogen) atoms. The smallest absolute Gasteiger partial charge is 0.240 e. The summed E-state index contributed by atoms with van der Waals surface area (Å²) in [5.41, 5.74) is 0.154. The second kappa shape index (κ2) is 6.88. The lowest BCUT2D eigenvalue weighted by molar-refractivity contribution is -0.138. The van der Waals surface area contributed by atoms with Crippen molar-refractivity contribution in [1.82, 2.24) is 4.98 Å². The van der Waals surface area contributed by atoms with Crippen LogP contribution in [0, 0.1) is 11.3 Å². The van der Waals surface area contributed by atoms with Crippen LogP contribution in [0.5, 0.6) is 0 Å². The first-order chi connectivity index (χ1) is 10.8. The number of benzene rings is 1. The molecule has 0 fully saturated rings. The summed E-state index contributed by atoms with van der Waals surface area (Å²) in [6, 6.07) is 11.2. The van der Waals surface area contributed by atoms with Crippen molar-refractivity contribution in [2.45, 2.75) is 18.1 Å². The molecule has 1 aromatic heterocycles. The van der Waals surface area contributed by atoms with E-state index in [9.17, 15) is 13.2 Å². The van der Waals surface area contributed by atoms with Gasteiger partial charge in [0, 0.05) is 11.3 Å². The molecule has 2 aromatic rings. The molecule has 0 bridgehead atoms. The van der Waals surface area contributed by atoms with E-state index in [4.69, 9.17) is 5.26 Å². The summed E-state index contributed by atoms with van der Waals surface area (Å²) in [5, 5.41) is 9.24. The lowest BCUT2D eigenvalue weighted by atomic mass is 10.1. The fourth-order valence-electron chi connectivity index (χ4n) is 1.91. The van der Waals surface area contributed by atoms with Crippen LogP contribution in [0.3, 0.4) is 0 Å². The Labute approximate surface area is 136 Å². The minimum absolute atomic E-state index is 0.0733. The summed E-state index contributed by atoms with van der Waals surface area (Å²) < 4.78 is 39.9. The molecule has 0 amide bonds. The van der Waals surface area contributed by atoms with E-state index in [0.717, 1.165) is 23.4 Å². The summed E-state index contributed by atoms with van der Waals surface area (Å²) in [6.07, 6.45) is -4.62. The van der Waals surface area contributed by atoms with Crippen molar-refractivity contribution < 1.29 is 13.2 Å². The van der Waals surface area contributed by atoms with Gasteiger partial charge < -0.3 is 0 Å². The normalized spacial score (nSPS) is 11.1. The summed E-state index contributed by atoms with van der Waals surface area (Å²) in [7, 11) is 0. The van der Waals surface area contributed by atoms with Gasteiger partial charge in [0.15, 0.2) is 0 Å². The van der Waals surface area contributed by atoms with Crippen LogP contribution >= 0.6 is 11.8 Å². The molecule has 0 saturated heterocycles. The van der Waals surface area contributed by atoms with Gasteiger partial charge in [0.2, 0.25) is 0 Å². The number of thioether (sulfide) groups is 1. The topological polar surface area (TPSA) is 36.7 Å². The first-order valence-corrected chi connectivity index (χ1v) is 7.66. The van der Waals surface area contributed by atoms with Crippen molar-refractivity contribution >= 4 is 11.8 Å². The van der Waals surface area contributed by atoms with E-state index in [-0.39, 0.29) is 10.7 Å². The Morgan fingerprint density at radius 3 is 2.48 bits per heavy atom. The highest BCUT2D eigenvalue weighted by Gasteiger charge is 2.36. The second-order valence-electron chi connectivity index (χ2n) is 4.96. The molecule has 2 nitrogen and oxygen atoms in total. The van der Waals surface area contributed by atoms with Gasteiger partial charge in [0.05, 0.1) is 16.8 Å². The zero-order valence-electron chi connectivity index (χ0n) is 12.3. The van der Waals surface area contributed by atoms with E-state index in [0.29, 0.717) is 11.3 Å². The van der Waals surface area contributed by atoms with Gasteiger partial charge in [-0.25, -0.2) is 4.98 Å². The molecular formula is C17H13F3N2S. The lowest BCUT2D eigenvalue weighted by Gasteiger charge is -2.14. The zero-order chi connectivity index (χ0) is 17.0. The molecule has 1 aromatic carbocycles. The number of hydrogen-bond acceptors (Lipinski definition) is 3. The highest BCUT2D eigenvalue weighted by Crippen LogP contribution is 2.38. The minimum atomic E-state index is -4.62. The molecule has 6 heteroatoms. The first-order valence-electron chi connectivity index (χ1n) is 6.68. The van der Waals surface area contributed by atoms with E-state index < -0.39 is 17.3 Å². The van der Waals surface area contributed by atoms with Gasteiger partial charge in [-0.2, -0.15) is 18.4 Å². The Kier molecular flexibility index (Phi) is 5.12. The fourth-order valence-corrected chi connectivity index (χ4v) is 2.75. The van der Waals surface area contributed by atoms with Gasteiger partial charge in [-0.3, -0.25) is 0 Å². The van der Waals surface area contributed by atoms with Crippen LogP contribution in [0.2, 0.25) is 0 Å². The van der Waals surface area contributed by atoms with E-state index in [1.807, 2.05) is 0 Å². The zero-order valence-corrected chi connectivity index (χ0v) is 13.1. The largest absolute Gasteiger partial charge is 0.417 e. The number of alkyl halides is 3. The van der Waals surface area contributed by atoms with Gasteiger partial charge in [-0.1, -0.05) is 42.5 Å². The number of aromatic nitrogens is 1. The highest BCUT2D eigenvalue weighted by atomic mass is 32.2. The van der Waals surface area contributed by atoms with Gasteiger partial charge in [0.1, 0.15) is 11.1 Å². The van der Waals surface area contributed by atoms with Crippen molar-refractivity contribution in [1.29, 1.82) is 5.26 Å². The number of halogens is 3. The number of nitrogens with zero attached hydrogens (tertiary/aromatic N) is 2. The van der Waals surface area contributed by atoms with Crippen molar-refractivity contribution in [2.75, 3.05) is 5.75 Å². The summed E-state index contributed by atoms with van der Waals surface area (Å²) >= 11 is 1.09. The van der Waals surface area contributed by atoms with Crippen molar-refractivity contribution in [2.24, 2.45) is 0 Å². The molecule has 0 atom stereocenters. The molecule has 0 N–H and O–H groups in total. The Morgan fingerprint density at radius 2 is 1.96 bits per heavy atom. The average Bonchev–Trinajstić information content (AvgIpc) is 2.51. The molecule has 118 valence electrons. The Bertz CT molecular complexity index is 762. The van der Waals surface area contributed by atoms with Crippen LogP contribution in [-0.4, -0.2) is 10.7 Å². The van der Waals surface area contributed by atoms with Crippen LogP contribution < -0.4 is 0 Å². The maximum Gasteiger partial charge on any atom is 0.417 e. The molecule has 0 aliphatic heterocycles. The number of nitriles is 1. The summed E-state index contributed by atoms with van der Waals surface area (Å²) in [4.78, 5) is 4.26. The molecule has 2 rings (SSSR count). The minimum Gasteiger partial charge on any atom is -0.240 e. The molecule has 0 unspecified atom stereocenters. The highest BCUT2D eigenvalue weighted by molar-refractivity contribution is 7.99. The average molecular weight is 334 g/mol. The third-order valence-electron chi connectivity index (χ3n) is 2.93. The Hall–Kier alpha value is -2.26. The maximum atomic E-state index is 13.3. The predicted molar refractivity (Wildman–Crippen MR) is 84.9 cm³/mol. The van der Waals surface area contributed by atoms with Gasteiger partial charge >= 0.3 is 6.18 Å². The first kappa shape index (κ1) is 17.1. The van der Waals surface area contributed by atoms with Crippen LogP contribution in [0.15, 0.2) is 53.6 Å². The van der Waals surface area contributed by atoms with Crippen LogP contribution in [-0.2, 0) is 6.18 Å². The third-order valence-corrected chi connectivity index (χ3v) is 4.13. The second-order valence-corrected chi connectivity index (χ2v) is 5.92.